The highest BCUT2D eigenvalue weighted by Crippen LogP contribution is 2.63. The lowest BCUT2D eigenvalue weighted by Crippen LogP contribution is -2.52. The van der Waals surface area contributed by atoms with Crippen LogP contribution < -0.4 is 5.32 Å². The fourth-order valence-electron chi connectivity index (χ4n) is 7.11. The van der Waals surface area contributed by atoms with Gasteiger partial charge in [0.25, 0.3) is 0 Å². The van der Waals surface area contributed by atoms with Crippen LogP contribution in [0.5, 0.6) is 0 Å². The molecule has 3 aromatic carbocycles. The second-order valence-corrected chi connectivity index (χ2v) is 10.9. The molecule has 0 aliphatic carbocycles. The maximum absolute atomic E-state index is 15.9. The highest BCUT2D eigenvalue weighted by Gasteiger charge is 2.69. The molecule has 7 nitrogen and oxygen atoms in total. The summed E-state index contributed by atoms with van der Waals surface area (Å²) in [7, 11) is 0. The van der Waals surface area contributed by atoms with Crippen molar-refractivity contribution >= 4 is 51.7 Å². The number of hydrogen-bond acceptors (Lipinski definition) is 4. The highest BCUT2D eigenvalue weighted by molar-refractivity contribution is 6.31. The summed E-state index contributed by atoms with van der Waals surface area (Å²) < 4.78 is 17.7. The van der Waals surface area contributed by atoms with Gasteiger partial charge in [-0.25, -0.2) is 9.18 Å². The molecule has 4 atom stereocenters. The number of carbonyl (C=O) groups excluding carboxylic acids is 1. The van der Waals surface area contributed by atoms with Crippen LogP contribution in [0.25, 0.3) is 10.9 Å². The van der Waals surface area contributed by atoms with E-state index in [0.717, 1.165) is 16.6 Å². The molecule has 38 heavy (non-hydrogen) atoms. The molecule has 2 N–H and O–H groups in total. The summed E-state index contributed by atoms with van der Waals surface area (Å²) in [5, 5.41) is 18.7. The van der Waals surface area contributed by atoms with Crippen LogP contribution in [0.4, 0.5) is 10.1 Å². The average molecular weight is 551 g/mol. The van der Waals surface area contributed by atoms with Gasteiger partial charge >= 0.3 is 5.97 Å². The van der Waals surface area contributed by atoms with Crippen molar-refractivity contribution < 1.29 is 19.1 Å². The van der Waals surface area contributed by atoms with E-state index in [2.05, 4.69) is 10.2 Å². The molecule has 0 radical (unpaired) electrons. The van der Waals surface area contributed by atoms with Gasteiger partial charge in [-0.1, -0.05) is 54.4 Å². The lowest BCUT2D eigenvalue weighted by molar-refractivity contribution is -0.127. The van der Waals surface area contributed by atoms with Crippen molar-refractivity contribution in [3.8, 4) is 0 Å². The van der Waals surface area contributed by atoms with E-state index >= 15 is 4.39 Å². The van der Waals surface area contributed by atoms with E-state index in [1.165, 1.54) is 6.07 Å². The summed E-state index contributed by atoms with van der Waals surface area (Å²) in [6.45, 7) is 2.52. The molecule has 0 bridgehead atoms. The molecule has 7 rings (SSSR count). The van der Waals surface area contributed by atoms with Crippen LogP contribution in [-0.2, 0) is 16.8 Å². The summed E-state index contributed by atoms with van der Waals surface area (Å²) in [5.74, 6) is -2.53. The molecular weight excluding hydrogens is 530 g/mol. The Balaban J connectivity index is 1.53. The predicted molar refractivity (Wildman–Crippen MR) is 142 cm³/mol. The maximum atomic E-state index is 15.9. The Morgan fingerprint density at radius 2 is 2.03 bits per heavy atom. The third kappa shape index (κ3) is 2.85. The number of nitrogens with one attached hydrogen (secondary N) is 1. The van der Waals surface area contributed by atoms with Crippen LogP contribution in [0.1, 0.15) is 46.1 Å². The molecular formula is C28H21Cl2FN4O3. The van der Waals surface area contributed by atoms with Gasteiger partial charge in [0.05, 0.1) is 22.1 Å². The van der Waals surface area contributed by atoms with Gasteiger partial charge in [0.15, 0.2) is 0 Å². The molecule has 1 aromatic heterocycles. The van der Waals surface area contributed by atoms with Crippen LogP contribution in [0.3, 0.4) is 0 Å². The molecule has 3 aliphatic heterocycles. The quantitative estimate of drug-likeness (QED) is 0.346. The molecule has 4 heterocycles. The molecule has 1 saturated heterocycles. The lowest BCUT2D eigenvalue weighted by Gasteiger charge is -2.39. The first kappa shape index (κ1) is 23.6. The summed E-state index contributed by atoms with van der Waals surface area (Å²) in [4.78, 5) is 27.8. The van der Waals surface area contributed by atoms with Crippen LogP contribution in [0, 0.1) is 5.82 Å². The molecule has 3 aliphatic rings. The Hall–Kier alpha value is -3.46. The Bertz CT molecular complexity index is 1710. The van der Waals surface area contributed by atoms with Gasteiger partial charge in [-0.15, -0.1) is 0 Å². The van der Waals surface area contributed by atoms with Crippen molar-refractivity contribution in [3.63, 3.8) is 0 Å². The van der Waals surface area contributed by atoms with Crippen LogP contribution in [-0.4, -0.2) is 44.3 Å². The monoisotopic (exact) mass is 550 g/mol. The minimum Gasteiger partial charge on any atom is -0.478 e. The smallest absolute Gasteiger partial charge is 0.335 e. The highest BCUT2D eigenvalue weighted by atomic mass is 35.5. The number of rotatable bonds is 3. The summed E-state index contributed by atoms with van der Waals surface area (Å²) >= 11 is 12.6. The first-order valence-corrected chi connectivity index (χ1v) is 13.1. The normalized spacial score (nSPS) is 25.6. The van der Waals surface area contributed by atoms with E-state index in [0.29, 0.717) is 34.8 Å². The summed E-state index contributed by atoms with van der Waals surface area (Å²) in [6, 6.07) is 14.5. The summed E-state index contributed by atoms with van der Waals surface area (Å²) in [6.07, 6.45) is 0.568. The first-order valence-electron chi connectivity index (χ1n) is 12.3. The zero-order chi connectivity index (χ0) is 26.5. The van der Waals surface area contributed by atoms with E-state index in [-0.39, 0.29) is 22.5 Å². The molecule has 2 unspecified atom stereocenters. The van der Waals surface area contributed by atoms with Crippen molar-refractivity contribution in [2.75, 3.05) is 11.9 Å². The van der Waals surface area contributed by atoms with Crippen molar-refractivity contribution in [2.45, 2.75) is 36.9 Å². The Labute approximate surface area is 226 Å². The van der Waals surface area contributed by atoms with Crippen LogP contribution >= 0.6 is 23.2 Å². The van der Waals surface area contributed by atoms with Crippen LogP contribution in [0.2, 0.25) is 10.0 Å². The fraction of sp³-hybridized carbons (Fsp3) is 0.250. The number of carbonyl (C=O) groups is 2. The number of likely N-dealkylation sites (N-methyl/N-ethyl adjacent to an activating group) is 1. The number of carboxylic acid groups (broad SMARTS) is 1. The summed E-state index contributed by atoms with van der Waals surface area (Å²) in [5.41, 5.74) is 2.07. The minimum atomic E-state index is -1.22. The standard InChI is InChI=1S/C28H21Cl2FN4O3/c1-2-34-22-12-21-15-8-6-13(26(36)37)10-19(15)33-35(21)25(22)23(16-4-3-5-18(30)24(16)31)28(34)17-9-7-14(29)11-20(17)32-27(28)38/h3-11,22-23,25H,2,12H2,1H3,(H,32,38)(H,36,37)/t22?,23-,25+,28?/m0/s1. The number of aromatic carboxylic acids is 1. The minimum absolute atomic E-state index is 0.0196. The number of carboxylic acids is 1. The number of halogens is 3. The van der Waals surface area contributed by atoms with Gasteiger partial charge in [-0.2, -0.15) is 5.10 Å². The van der Waals surface area contributed by atoms with E-state index < -0.39 is 29.3 Å². The van der Waals surface area contributed by atoms with Gasteiger partial charge < -0.3 is 10.4 Å². The lowest BCUT2D eigenvalue weighted by atomic mass is 9.73. The topological polar surface area (TPSA) is 87.5 Å². The van der Waals surface area contributed by atoms with Gasteiger partial charge in [0.1, 0.15) is 11.4 Å². The predicted octanol–water partition coefficient (Wildman–Crippen LogP) is 5.61. The molecule has 192 valence electrons. The second-order valence-electron chi connectivity index (χ2n) is 10.0. The molecule has 0 saturated carbocycles. The third-order valence-corrected chi connectivity index (χ3v) is 8.94. The maximum Gasteiger partial charge on any atom is 0.335 e. The number of amides is 1. The average Bonchev–Trinajstić information content (AvgIpc) is 3.57. The van der Waals surface area contributed by atoms with Gasteiger partial charge in [-0.05, 0) is 42.4 Å². The SMILES string of the molecule is CCN1C2Cc3c4ccc(C(=O)O)cc4nn3[C@H]2[C@H](c2cccc(Cl)c2F)C12C(=O)Nc1cc(Cl)ccc12. The number of hydrogen-bond donors (Lipinski definition) is 2. The number of anilines is 1. The number of aromatic nitrogens is 2. The Kier molecular flexibility index (Phi) is 4.99. The fourth-order valence-corrected chi connectivity index (χ4v) is 7.46. The molecule has 1 fully saturated rings. The van der Waals surface area contributed by atoms with Crippen molar-refractivity contribution in [1.29, 1.82) is 0 Å². The van der Waals surface area contributed by atoms with E-state index in [4.69, 9.17) is 28.3 Å². The molecule has 4 aromatic rings. The Morgan fingerprint density at radius 1 is 1.21 bits per heavy atom. The van der Waals surface area contributed by atoms with E-state index in [1.54, 1.807) is 42.5 Å². The number of nitrogens with zero attached hydrogens (tertiary/aromatic N) is 3. The number of fused-ring (bicyclic) bond motifs is 7. The van der Waals surface area contributed by atoms with Gasteiger partial charge in [0.2, 0.25) is 5.91 Å². The zero-order valence-electron chi connectivity index (χ0n) is 20.1. The third-order valence-electron chi connectivity index (χ3n) is 8.42. The molecule has 10 heteroatoms. The largest absolute Gasteiger partial charge is 0.478 e. The van der Waals surface area contributed by atoms with Crippen LogP contribution in [0.15, 0.2) is 54.6 Å². The van der Waals surface area contributed by atoms with E-state index in [1.807, 2.05) is 17.7 Å². The Morgan fingerprint density at radius 3 is 2.79 bits per heavy atom. The van der Waals surface area contributed by atoms with Gasteiger partial charge in [0, 0.05) is 45.7 Å². The number of likely N-dealkylation sites (tertiary alicyclic amines) is 1. The number of benzene rings is 3. The van der Waals surface area contributed by atoms with Crippen molar-refractivity contribution in [2.24, 2.45) is 0 Å². The van der Waals surface area contributed by atoms with Gasteiger partial charge in [-0.3, -0.25) is 14.4 Å². The molecule has 1 spiro atoms. The van der Waals surface area contributed by atoms with Crippen molar-refractivity contribution in [3.05, 3.63) is 92.8 Å². The van der Waals surface area contributed by atoms with E-state index in [9.17, 15) is 14.7 Å². The second kappa shape index (κ2) is 8.02. The zero-order valence-corrected chi connectivity index (χ0v) is 21.6. The van der Waals surface area contributed by atoms with Crippen molar-refractivity contribution in [1.82, 2.24) is 14.7 Å². The molecule has 1 amide bonds. The first-order chi connectivity index (χ1) is 18.3.